The van der Waals surface area contributed by atoms with E-state index < -0.39 is 10.0 Å². The number of fused-ring (bicyclic) bond motifs is 2. The fourth-order valence-electron chi connectivity index (χ4n) is 5.01. The molecule has 4 rings (SSSR count). The molecule has 6 nitrogen and oxygen atoms in total. The molecule has 0 amide bonds. The average Bonchev–Trinajstić information content (AvgIpc) is 3.13. The van der Waals surface area contributed by atoms with Crippen LogP contribution in [-0.2, 0) is 26.6 Å². The molecule has 1 unspecified atom stereocenters. The van der Waals surface area contributed by atoms with Crippen LogP contribution in [0.25, 0.3) is 6.08 Å². The first-order chi connectivity index (χ1) is 15.0. The van der Waals surface area contributed by atoms with E-state index in [9.17, 15) is 8.42 Å². The van der Waals surface area contributed by atoms with Gasteiger partial charge in [-0.3, -0.25) is 4.68 Å². The van der Waals surface area contributed by atoms with Crippen molar-refractivity contribution in [3.05, 3.63) is 52.9 Å². The average molecular weight is 458 g/mol. The molecule has 1 aromatic carbocycles. The Hall–Kier alpha value is -1.96. The van der Waals surface area contributed by atoms with Gasteiger partial charge < -0.3 is 4.74 Å². The van der Waals surface area contributed by atoms with Crippen LogP contribution in [0.4, 0.5) is 0 Å². The van der Waals surface area contributed by atoms with E-state index in [1.165, 1.54) is 5.57 Å². The van der Waals surface area contributed by atoms with E-state index in [0.29, 0.717) is 31.0 Å². The third-order valence-corrected chi connectivity index (χ3v) is 8.67. The minimum absolute atomic E-state index is 0.0180. The van der Waals surface area contributed by atoms with Gasteiger partial charge in [-0.15, -0.1) is 0 Å². The third kappa shape index (κ3) is 3.95. The van der Waals surface area contributed by atoms with Crippen LogP contribution >= 0.6 is 0 Å². The standard InChI is InChI=1S/C25H35N3O3S/c1-18(2)28-23-13-21-11-12-27(16-25(21,17-31-6)14-19(23)15-26-28)32(29,30)22-9-7-20(8-10-22)24(3,4)5/h7-10,13,15,18H,11-12,14,16-17H2,1-6H3. The van der Waals surface area contributed by atoms with Crippen LogP contribution in [0.5, 0.6) is 0 Å². The summed E-state index contributed by atoms with van der Waals surface area (Å²) in [5.41, 5.74) is 4.32. The Morgan fingerprint density at radius 2 is 1.88 bits per heavy atom. The van der Waals surface area contributed by atoms with Gasteiger partial charge in [0.1, 0.15) is 0 Å². The molecule has 1 saturated heterocycles. The lowest BCUT2D eigenvalue weighted by atomic mass is 9.69. The number of piperidine rings is 1. The smallest absolute Gasteiger partial charge is 0.243 e. The minimum atomic E-state index is -3.59. The maximum absolute atomic E-state index is 13.6. The Labute approximate surface area is 192 Å². The second kappa shape index (κ2) is 8.12. The van der Waals surface area contributed by atoms with Crippen molar-refractivity contribution >= 4 is 16.1 Å². The molecule has 0 bridgehead atoms. The minimum Gasteiger partial charge on any atom is -0.384 e. The molecule has 2 aromatic rings. The zero-order chi connectivity index (χ0) is 23.3. The molecule has 0 N–H and O–H groups in total. The van der Waals surface area contributed by atoms with Crippen LogP contribution in [0, 0.1) is 5.41 Å². The van der Waals surface area contributed by atoms with E-state index >= 15 is 0 Å². The Balaban J connectivity index is 1.66. The highest BCUT2D eigenvalue weighted by molar-refractivity contribution is 7.89. The summed E-state index contributed by atoms with van der Waals surface area (Å²) in [6.45, 7) is 12.0. The molecule has 1 aliphatic carbocycles. The highest BCUT2D eigenvalue weighted by Crippen LogP contribution is 2.45. The van der Waals surface area contributed by atoms with Crippen LogP contribution in [0.2, 0.25) is 0 Å². The predicted molar refractivity (Wildman–Crippen MR) is 127 cm³/mol. The number of nitrogens with zero attached hydrogens (tertiary/aromatic N) is 3. The normalized spacial score (nSPS) is 21.9. The van der Waals surface area contributed by atoms with Gasteiger partial charge >= 0.3 is 0 Å². The summed E-state index contributed by atoms with van der Waals surface area (Å²) >= 11 is 0. The Kier molecular flexibility index (Phi) is 5.89. The lowest BCUT2D eigenvalue weighted by molar-refractivity contribution is 0.0732. The first-order valence-corrected chi connectivity index (χ1v) is 12.8. The van der Waals surface area contributed by atoms with Gasteiger partial charge in [0.25, 0.3) is 0 Å². The molecule has 0 saturated carbocycles. The van der Waals surface area contributed by atoms with Crippen molar-refractivity contribution < 1.29 is 13.2 Å². The molecule has 2 aliphatic rings. The van der Waals surface area contributed by atoms with Crippen molar-refractivity contribution in [1.82, 2.24) is 14.1 Å². The Bertz CT molecular complexity index is 1120. The van der Waals surface area contributed by atoms with Gasteiger partial charge in [-0.2, -0.15) is 9.40 Å². The molecule has 1 fully saturated rings. The molecule has 1 aromatic heterocycles. The zero-order valence-electron chi connectivity index (χ0n) is 20.1. The SMILES string of the molecule is COCC12Cc3cnn(C(C)C)c3C=C1CCN(S(=O)(=O)c1ccc(C(C)(C)C)cc1)C2. The largest absolute Gasteiger partial charge is 0.384 e. The molecular weight excluding hydrogens is 422 g/mol. The highest BCUT2D eigenvalue weighted by Gasteiger charge is 2.46. The van der Waals surface area contributed by atoms with E-state index in [1.54, 1.807) is 23.5 Å². The van der Waals surface area contributed by atoms with Gasteiger partial charge in [0.2, 0.25) is 10.0 Å². The summed E-state index contributed by atoms with van der Waals surface area (Å²) in [5, 5.41) is 4.59. The Morgan fingerprint density at radius 1 is 1.19 bits per heavy atom. The number of aromatic nitrogens is 2. The lowest BCUT2D eigenvalue weighted by Crippen LogP contribution is -2.51. The second-order valence-electron chi connectivity index (χ2n) is 10.5. The van der Waals surface area contributed by atoms with Crippen LogP contribution in [-0.4, -0.2) is 49.3 Å². The summed E-state index contributed by atoms with van der Waals surface area (Å²) < 4.78 is 36.5. The molecule has 1 atom stereocenters. The van der Waals surface area contributed by atoms with Gasteiger partial charge in [0.05, 0.1) is 23.4 Å². The number of hydrogen-bond donors (Lipinski definition) is 0. The number of rotatable bonds is 5. The third-order valence-electron chi connectivity index (χ3n) is 6.81. The van der Waals surface area contributed by atoms with E-state index in [-0.39, 0.29) is 16.9 Å². The van der Waals surface area contributed by atoms with Crippen LogP contribution in [0.3, 0.4) is 0 Å². The van der Waals surface area contributed by atoms with Crippen molar-refractivity contribution in [1.29, 1.82) is 0 Å². The van der Waals surface area contributed by atoms with Crippen LogP contribution in [0.1, 0.15) is 63.9 Å². The van der Waals surface area contributed by atoms with Crippen molar-refractivity contribution in [2.75, 3.05) is 26.8 Å². The molecule has 7 heteroatoms. The lowest BCUT2D eigenvalue weighted by Gasteiger charge is -2.45. The van der Waals surface area contributed by atoms with Gasteiger partial charge in [0.15, 0.2) is 0 Å². The molecular formula is C25H35N3O3S. The van der Waals surface area contributed by atoms with E-state index in [0.717, 1.165) is 23.2 Å². The topological polar surface area (TPSA) is 64.4 Å². The molecule has 0 spiro atoms. The van der Waals surface area contributed by atoms with Crippen molar-refractivity contribution in [2.24, 2.45) is 5.41 Å². The molecule has 2 heterocycles. The molecule has 1 aliphatic heterocycles. The highest BCUT2D eigenvalue weighted by atomic mass is 32.2. The predicted octanol–water partition coefficient (Wildman–Crippen LogP) is 4.43. The second-order valence-corrected chi connectivity index (χ2v) is 12.5. The van der Waals surface area contributed by atoms with E-state index in [4.69, 9.17) is 4.74 Å². The summed E-state index contributed by atoms with van der Waals surface area (Å²) in [6.07, 6.45) is 5.60. The maximum atomic E-state index is 13.6. The quantitative estimate of drug-likeness (QED) is 0.666. The van der Waals surface area contributed by atoms with Crippen molar-refractivity contribution in [3.63, 3.8) is 0 Å². The zero-order valence-corrected chi connectivity index (χ0v) is 20.9. The number of hydrogen-bond acceptors (Lipinski definition) is 4. The first kappa shape index (κ1) is 23.2. The number of ether oxygens (including phenoxy) is 1. The van der Waals surface area contributed by atoms with Crippen molar-refractivity contribution in [3.8, 4) is 0 Å². The van der Waals surface area contributed by atoms with E-state index in [1.807, 2.05) is 18.3 Å². The molecule has 32 heavy (non-hydrogen) atoms. The maximum Gasteiger partial charge on any atom is 0.243 e. The fourth-order valence-corrected chi connectivity index (χ4v) is 6.54. The molecule has 174 valence electrons. The van der Waals surface area contributed by atoms with Gasteiger partial charge in [0, 0.05) is 31.7 Å². The first-order valence-electron chi connectivity index (χ1n) is 11.3. The van der Waals surface area contributed by atoms with Crippen LogP contribution in [0.15, 0.2) is 40.9 Å². The molecule has 0 radical (unpaired) electrons. The van der Waals surface area contributed by atoms with Crippen molar-refractivity contribution in [2.45, 2.75) is 63.8 Å². The van der Waals surface area contributed by atoms with Gasteiger partial charge in [-0.1, -0.05) is 38.5 Å². The number of methoxy groups -OCH3 is 1. The van der Waals surface area contributed by atoms with Gasteiger partial charge in [-0.05, 0) is 61.4 Å². The number of sulfonamides is 1. The summed E-state index contributed by atoms with van der Waals surface area (Å²) in [6, 6.07) is 7.63. The Morgan fingerprint density at radius 3 is 2.47 bits per heavy atom. The monoisotopic (exact) mass is 457 g/mol. The number of benzene rings is 1. The van der Waals surface area contributed by atoms with E-state index in [2.05, 4.69) is 50.5 Å². The fraction of sp³-hybridized carbons (Fsp3) is 0.560. The van der Waals surface area contributed by atoms with Crippen LogP contribution < -0.4 is 0 Å². The van der Waals surface area contributed by atoms with Gasteiger partial charge in [-0.25, -0.2) is 8.42 Å². The summed E-state index contributed by atoms with van der Waals surface area (Å²) in [5.74, 6) is 0. The summed E-state index contributed by atoms with van der Waals surface area (Å²) in [7, 11) is -1.89. The summed E-state index contributed by atoms with van der Waals surface area (Å²) in [4.78, 5) is 0.356.